The van der Waals surface area contributed by atoms with E-state index < -0.39 is 11.8 Å². The molecule has 0 radical (unpaired) electrons. The topological polar surface area (TPSA) is 89.2 Å². The van der Waals surface area contributed by atoms with Crippen molar-refractivity contribution in [2.45, 2.75) is 50.9 Å². The number of hydrogen-bond acceptors (Lipinski definition) is 6. The molecule has 1 aromatic carbocycles. The van der Waals surface area contributed by atoms with Crippen LogP contribution >= 0.6 is 11.6 Å². The number of fused-ring (bicyclic) bond motifs is 1. The van der Waals surface area contributed by atoms with Crippen LogP contribution in [-0.2, 0) is 24.3 Å². The zero-order valence-corrected chi connectivity index (χ0v) is 22.7. The lowest BCUT2D eigenvalue weighted by molar-refractivity contribution is -0.0499. The minimum atomic E-state index is -0.953. The molecule has 0 bridgehead atoms. The van der Waals surface area contributed by atoms with Gasteiger partial charge in [0, 0.05) is 59.7 Å². The molecule has 5 heterocycles. The van der Waals surface area contributed by atoms with Gasteiger partial charge in [0.15, 0.2) is 0 Å². The summed E-state index contributed by atoms with van der Waals surface area (Å²) in [6, 6.07) is 13.7. The second-order valence-corrected chi connectivity index (χ2v) is 10.9. The molecular formula is C30H30ClFN4O4. The third kappa shape index (κ3) is 5.82. The quantitative estimate of drug-likeness (QED) is 0.287. The van der Waals surface area contributed by atoms with Crippen molar-refractivity contribution in [2.24, 2.45) is 0 Å². The van der Waals surface area contributed by atoms with Crippen molar-refractivity contribution in [1.82, 2.24) is 19.3 Å². The molecule has 6 rings (SSSR count). The number of carbonyl (C=O) groups is 1. The summed E-state index contributed by atoms with van der Waals surface area (Å²) in [5, 5.41) is 9.83. The average molecular weight is 565 g/mol. The Balaban J connectivity index is 1.11. The van der Waals surface area contributed by atoms with E-state index in [0.717, 1.165) is 61.7 Å². The third-order valence-corrected chi connectivity index (χ3v) is 8.01. The van der Waals surface area contributed by atoms with Crippen molar-refractivity contribution in [3.63, 3.8) is 0 Å². The number of nitrogens with zero attached hydrogens (tertiary/aromatic N) is 4. The largest absolute Gasteiger partial charge is 0.478 e. The van der Waals surface area contributed by atoms with Crippen LogP contribution in [0.1, 0.15) is 58.2 Å². The Morgan fingerprint density at radius 2 is 1.95 bits per heavy atom. The second kappa shape index (κ2) is 11.5. The van der Waals surface area contributed by atoms with Gasteiger partial charge in [0.1, 0.15) is 18.1 Å². The molecule has 208 valence electrons. The monoisotopic (exact) mass is 564 g/mol. The van der Waals surface area contributed by atoms with Gasteiger partial charge < -0.3 is 19.0 Å². The number of hydrogen-bond donors (Lipinski definition) is 1. The smallest absolute Gasteiger partial charge is 0.337 e. The van der Waals surface area contributed by atoms with Gasteiger partial charge in [-0.1, -0.05) is 23.7 Å². The van der Waals surface area contributed by atoms with Gasteiger partial charge in [-0.3, -0.25) is 4.90 Å². The summed E-state index contributed by atoms with van der Waals surface area (Å²) in [5.74, 6) is -0.575. The molecule has 10 heteroatoms. The Bertz CT molecular complexity index is 1530. The van der Waals surface area contributed by atoms with E-state index in [4.69, 9.17) is 31.0 Å². The number of imidazole rings is 1. The molecule has 3 aromatic heterocycles. The number of carboxylic acid groups (broad SMARTS) is 1. The van der Waals surface area contributed by atoms with Crippen molar-refractivity contribution in [3.8, 4) is 5.88 Å². The minimum Gasteiger partial charge on any atom is -0.478 e. The Morgan fingerprint density at radius 3 is 2.67 bits per heavy atom. The average Bonchev–Trinajstić information content (AvgIpc) is 3.26. The molecule has 4 aromatic rings. The van der Waals surface area contributed by atoms with E-state index in [0.29, 0.717) is 35.3 Å². The van der Waals surface area contributed by atoms with Gasteiger partial charge in [-0.05, 0) is 62.7 Å². The van der Waals surface area contributed by atoms with E-state index in [2.05, 4.69) is 4.90 Å². The van der Waals surface area contributed by atoms with Crippen LogP contribution in [0.15, 0.2) is 54.7 Å². The van der Waals surface area contributed by atoms with Gasteiger partial charge in [-0.25, -0.2) is 19.2 Å². The molecule has 0 saturated carbocycles. The second-order valence-electron chi connectivity index (χ2n) is 10.4. The molecule has 40 heavy (non-hydrogen) atoms. The van der Waals surface area contributed by atoms with Crippen molar-refractivity contribution in [2.75, 3.05) is 19.7 Å². The fraction of sp³-hybridized carbons (Fsp3) is 0.367. The number of benzene rings is 1. The zero-order chi connectivity index (χ0) is 27.6. The highest BCUT2D eigenvalue weighted by Gasteiger charge is 2.27. The molecule has 2 aliphatic heterocycles. The van der Waals surface area contributed by atoms with E-state index in [9.17, 15) is 14.3 Å². The molecule has 1 N–H and O–H groups in total. The van der Waals surface area contributed by atoms with Gasteiger partial charge in [0.05, 0.1) is 17.4 Å². The molecule has 0 spiro atoms. The number of pyridine rings is 2. The Labute approximate surface area is 236 Å². The Morgan fingerprint density at radius 1 is 1.12 bits per heavy atom. The Kier molecular flexibility index (Phi) is 7.69. The normalized spacial score (nSPS) is 18.1. The molecule has 0 amide bonds. The van der Waals surface area contributed by atoms with Crippen LogP contribution in [0.2, 0.25) is 5.02 Å². The summed E-state index contributed by atoms with van der Waals surface area (Å²) in [5.41, 5.74) is 4.39. The van der Waals surface area contributed by atoms with Crippen LogP contribution in [0, 0.1) is 5.82 Å². The van der Waals surface area contributed by atoms with E-state index in [1.165, 1.54) is 6.07 Å². The van der Waals surface area contributed by atoms with Crippen LogP contribution in [0.3, 0.4) is 0 Å². The summed E-state index contributed by atoms with van der Waals surface area (Å²) in [6.07, 6.45) is 5.42. The van der Waals surface area contributed by atoms with Crippen molar-refractivity contribution in [3.05, 3.63) is 93.8 Å². The number of carboxylic acids is 1. The molecule has 2 saturated heterocycles. The number of aromatic carboxylic acids is 1. The number of likely N-dealkylation sites (tertiary alicyclic amines) is 1. The first-order chi connectivity index (χ1) is 19.4. The van der Waals surface area contributed by atoms with Crippen LogP contribution in [-0.4, -0.2) is 56.1 Å². The number of aromatic nitrogens is 3. The molecule has 2 fully saturated rings. The first-order valence-electron chi connectivity index (χ1n) is 13.5. The highest BCUT2D eigenvalue weighted by Crippen LogP contribution is 2.30. The lowest BCUT2D eigenvalue weighted by Gasteiger charge is -2.32. The predicted octanol–water partition coefficient (Wildman–Crippen LogP) is 5.51. The summed E-state index contributed by atoms with van der Waals surface area (Å²) < 4.78 is 27.5. The van der Waals surface area contributed by atoms with Crippen LogP contribution in [0.5, 0.6) is 5.88 Å². The van der Waals surface area contributed by atoms with Gasteiger partial charge in [0.25, 0.3) is 0 Å². The van der Waals surface area contributed by atoms with E-state index >= 15 is 0 Å². The molecule has 0 aliphatic carbocycles. The lowest BCUT2D eigenvalue weighted by Crippen LogP contribution is -2.34. The van der Waals surface area contributed by atoms with Crippen molar-refractivity contribution in [1.29, 1.82) is 0 Å². The zero-order valence-electron chi connectivity index (χ0n) is 21.9. The lowest BCUT2D eigenvalue weighted by atomic mass is 9.93. The standard InChI is InChI=1S/C30H30ClFN4O4/c31-22-6-4-21(24(32)14-22)18-40-29-3-1-2-25(34-29)19-8-11-35(12-9-19)17-26-27(15-23-10-13-39-23)36-16-20(30(37)38)5-7-28(36)33-26/h1-7,14,16,19,23H,8-13,15,17-18H2,(H,37,38). The molecular weight excluding hydrogens is 535 g/mol. The third-order valence-electron chi connectivity index (χ3n) is 7.78. The summed E-state index contributed by atoms with van der Waals surface area (Å²) in [6.45, 7) is 3.33. The number of halogens is 2. The summed E-state index contributed by atoms with van der Waals surface area (Å²) >= 11 is 5.84. The van der Waals surface area contributed by atoms with Crippen molar-refractivity contribution >= 4 is 23.2 Å². The van der Waals surface area contributed by atoms with E-state index in [1.54, 1.807) is 36.5 Å². The maximum Gasteiger partial charge on any atom is 0.337 e. The Hall–Kier alpha value is -3.53. The highest BCUT2D eigenvalue weighted by molar-refractivity contribution is 6.30. The number of ether oxygens (including phenoxy) is 2. The SMILES string of the molecule is O=C(O)c1ccc2nc(CN3CCC(c4cccc(OCc5ccc(Cl)cc5F)n4)CC3)c(CC3CCO3)n2c1. The minimum absolute atomic E-state index is 0.0824. The molecule has 1 unspecified atom stereocenters. The molecule has 1 atom stereocenters. The van der Waals surface area contributed by atoms with Crippen LogP contribution in [0.4, 0.5) is 4.39 Å². The first kappa shape index (κ1) is 26.7. The van der Waals surface area contributed by atoms with E-state index in [1.807, 2.05) is 16.5 Å². The van der Waals surface area contributed by atoms with E-state index in [-0.39, 0.29) is 18.3 Å². The fourth-order valence-corrected chi connectivity index (χ4v) is 5.56. The fourth-order valence-electron chi connectivity index (χ4n) is 5.40. The van der Waals surface area contributed by atoms with Crippen LogP contribution < -0.4 is 4.74 Å². The van der Waals surface area contributed by atoms with Gasteiger partial charge in [-0.15, -0.1) is 0 Å². The van der Waals surface area contributed by atoms with Gasteiger partial charge in [0.2, 0.25) is 5.88 Å². The highest BCUT2D eigenvalue weighted by atomic mass is 35.5. The number of piperidine rings is 1. The summed E-state index contributed by atoms with van der Waals surface area (Å²) in [7, 11) is 0. The molecule has 2 aliphatic rings. The maximum absolute atomic E-state index is 14.1. The summed E-state index contributed by atoms with van der Waals surface area (Å²) in [4.78, 5) is 23.5. The van der Waals surface area contributed by atoms with Crippen molar-refractivity contribution < 1.29 is 23.8 Å². The van der Waals surface area contributed by atoms with Gasteiger partial charge >= 0.3 is 5.97 Å². The first-order valence-corrected chi connectivity index (χ1v) is 13.9. The molecule has 8 nitrogen and oxygen atoms in total. The number of rotatable bonds is 9. The maximum atomic E-state index is 14.1. The van der Waals surface area contributed by atoms with Gasteiger partial charge in [-0.2, -0.15) is 0 Å². The van der Waals surface area contributed by atoms with Crippen LogP contribution in [0.25, 0.3) is 5.65 Å². The predicted molar refractivity (Wildman–Crippen MR) is 147 cm³/mol.